The van der Waals surface area contributed by atoms with Crippen LogP contribution in [0, 0.1) is 5.92 Å². The summed E-state index contributed by atoms with van der Waals surface area (Å²) in [5.41, 5.74) is 0. The van der Waals surface area contributed by atoms with Crippen molar-refractivity contribution in [3.63, 3.8) is 0 Å². The molecule has 320 valence electrons. The number of ether oxygens (including phenoxy) is 3. The molecule has 0 aromatic heterocycles. The molecular weight excluding hydrogens is 673 g/mol. The van der Waals surface area contributed by atoms with Crippen molar-refractivity contribution in [2.45, 2.75) is 271 Å². The Hall–Kier alpha value is -1.59. The van der Waals surface area contributed by atoms with E-state index < -0.39 is 6.10 Å². The fourth-order valence-electron chi connectivity index (χ4n) is 7.16. The van der Waals surface area contributed by atoms with Gasteiger partial charge in [0.05, 0.1) is 0 Å². The van der Waals surface area contributed by atoms with E-state index in [0.29, 0.717) is 19.3 Å². The molecule has 0 aliphatic heterocycles. The maximum absolute atomic E-state index is 12.7. The van der Waals surface area contributed by atoms with E-state index in [2.05, 4.69) is 27.7 Å². The topological polar surface area (TPSA) is 78.9 Å². The lowest BCUT2D eigenvalue weighted by Crippen LogP contribution is -2.30. The molecule has 0 saturated heterocycles. The normalized spacial score (nSPS) is 11.9. The van der Waals surface area contributed by atoms with E-state index >= 15 is 0 Å². The summed E-state index contributed by atoms with van der Waals surface area (Å²) in [5.74, 6) is -0.00656. The molecule has 0 N–H and O–H groups in total. The molecule has 6 heteroatoms. The summed E-state index contributed by atoms with van der Waals surface area (Å²) < 4.78 is 16.7. The van der Waals surface area contributed by atoms with Crippen LogP contribution in [0.4, 0.5) is 0 Å². The molecule has 0 saturated carbocycles. The number of carbonyl (C=O) groups is 3. The summed E-state index contributed by atoms with van der Waals surface area (Å²) in [4.78, 5) is 37.6. The third-order valence-electron chi connectivity index (χ3n) is 10.8. The van der Waals surface area contributed by atoms with Crippen LogP contribution in [0.1, 0.15) is 265 Å². The molecule has 0 bridgehead atoms. The van der Waals surface area contributed by atoms with E-state index in [1.165, 1.54) is 161 Å². The van der Waals surface area contributed by atoms with E-state index in [1.54, 1.807) is 0 Å². The van der Waals surface area contributed by atoms with Crippen molar-refractivity contribution < 1.29 is 28.6 Å². The maximum Gasteiger partial charge on any atom is 0.306 e. The highest BCUT2D eigenvalue weighted by Crippen LogP contribution is 2.16. The van der Waals surface area contributed by atoms with Crippen LogP contribution in [0.3, 0.4) is 0 Å². The summed E-state index contributed by atoms with van der Waals surface area (Å²) >= 11 is 0. The van der Waals surface area contributed by atoms with E-state index in [1.807, 2.05) is 0 Å². The molecule has 0 unspecified atom stereocenters. The second-order valence-corrected chi connectivity index (χ2v) is 16.9. The Kier molecular flexibility index (Phi) is 41.3. The van der Waals surface area contributed by atoms with Gasteiger partial charge in [-0.1, -0.05) is 227 Å². The lowest BCUT2D eigenvalue weighted by Gasteiger charge is -2.18. The fraction of sp³-hybridized carbons (Fsp3) is 0.938. The molecule has 0 heterocycles. The molecule has 0 aromatic carbocycles. The Morgan fingerprint density at radius 3 is 0.907 bits per heavy atom. The highest BCUT2D eigenvalue weighted by molar-refractivity contribution is 5.71. The van der Waals surface area contributed by atoms with Crippen molar-refractivity contribution in [2.24, 2.45) is 5.92 Å². The van der Waals surface area contributed by atoms with Crippen LogP contribution in [0.25, 0.3) is 0 Å². The van der Waals surface area contributed by atoms with Gasteiger partial charge in [-0.2, -0.15) is 0 Å². The Balaban J connectivity index is 4.19. The van der Waals surface area contributed by atoms with Crippen molar-refractivity contribution in [1.82, 2.24) is 0 Å². The van der Waals surface area contributed by atoms with E-state index in [4.69, 9.17) is 14.2 Å². The van der Waals surface area contributed by atoms with Gasteiger partial charge in [-0.25, -0.2) is 0 Å². The third-order valence-corrected chi connectivity index (χ3v) is 10.8. The van der Waals surface area contributed by atoms with Crippen molar-refractivity contribution in [3.05, 3.63) is 0 Å². The summed E-state index contributed by atoms with van der Waals surface area (Å²) in [6.45, 7) is 8.98. The van der Waals surface area contributed by atoms with E-state index in [-0.39, 0.29) is 31.1 Å². The number of rotatable bonds is 43. The fourth-order valence-corrected chi connectivity index (χ4v) is 7.16. The third kappa shape index (κ3) is 41.6. The Morgan fingerprint density at radius 1 is 0.352 bits per heavy atom. The zero-order chi connectivity index (χ0) is 39.6. The van der Waals surface area contributed by atoms with Crippen molar-refractivity contribution in [1.29, 1.82) is 0 Å². The molecule has 6 nitrogen and oxygen atoms in total. The lowest BCUT2D eigenvalue weighted by atomic mass is 10.0. The molecule has 0 aromatic rings. The van der Waals surface area contributed by atoms with Gasteiger partial charge in [0.15, 0.2) is 6.10 Å². The molecule has 0 spiro atoms. The Bertz CT molecular complexity index is 811. The number of carbonyl (C=O) groups excluding carboxylic acids is 3. The van der Waals surface area contributed by atoms with Crippen molar-refractivity contribution in [2.75, 3.05) is 13.2 Å². The van der Waals surface area contributed by atoms with Crippen LogP contribution in [-0.4, -0.2) is 37.2 Å². The summed E-state index contributed by atoms with van der Waals surface area (Å²) in [5, 5.41) is 0. The number of esters is 3. The monoisotopic (exact) mass is 765 g/mol. The number of unbranched alkanes of at least 4 members (excludes halogenated alkanes) is 30. The first-order valence-electron chi connectivity index (χ1n) is 23.9. The van der Waals surface area contributed by atoms with Crippen LogP contribution < -0.4 is 0 Å². The smallest absolute Gasteiger partial charge is 0.306 e. The molecule has 54 heavy (non-hydrogen) atoms. The van der Waals surface area contributed by atoms with Gasteiger partial charge >= 0.3 is 17.9 Å². The van der Waals surface area contributed by atoms with Crippen LogP contribution >= 0.6 is 0 Å². The second-order valence-electron chi connectivity index (χ2n) is 16.9. The van der Waals surface area contributed by atoms with Crippen LogP contribution in [-0.2, 0) is 28.6 Å². The first-order chi connectivity index (χ1) is 26.4. The Labute approximate surface area is 336 Å². The van der Waals surface area contributed by atoms with Gasteiger partial charge in [-0.15, -0.1) is 0 Å². The SMILES string of the molecule is CCCCCCCCCCCC(=O)OC[C@@H](COC(=O)CCCCCCCCCCCCCCCCCC(C)C)OC(=O)CCCCCCCCCCC. The van der Waals surface area contributed by atoms with E-state index in [0.717, 1.165) is 63.7 Å². The molecule has 0 amide bonds. The average Bonchev–Trinajstić information content (AvgIpc) is 3.15. The summed E-state index contributed by atoms with van der Waals surface area (Å²) in [6, 6.07) is 0. The predicted molar refractivity (Wildman–Crippen MR) is 229 cm³/mol. The molecule has 0 rings (SSSR count). The highest BCUT2D eigenvalue weighted by atomic mass is 16.6. The summed E-state index contributed by atoms with van der Waals surface area (Å²) in [6.07, 6.45) is 42.4. The van der Waals surface area contributed by atoms with Crippen LogP contribution in [0.5, 0.6) is 0 Å². The van der Waals surface area contributed by atoms with Gasteiger partial charge in [0, 0.05) is 19.3 Å². The average molecular weight is 765 g/mol. The van der Waals surface area contributed by atoms with Gasteiger partial charge in [-0.05, 0) is 25.2 Å². The minimum Gasteiger partial charge on any atom is -0.462 e. The first-order valence-corrected chi connectivity index (χ1v) is 23.9. The van der Waals surface area contributed by atoms with Gasteiger partial charge in [0.1, 0.15) is 13.2 Å². The largest absolute Gasteiger partial charge is 0.462 e. The zero-order valence-electron chi connectivity index (χ0n) is 36.7. The number of hydrogen-bond acceptors (Lipinski definition) is 6. The predicted octanol–water partition coefficient (Wildman–Crippen LogP) is 15.1. The molecule has 0 radical (unpaired) electrons. The lowest BCUT2D eigenvalue weighted by molar-refractivity contribution is -0.167. The quantitative estimate of drug-likeness (QED) is 0.0349. The van der Waals surface area contributed by atoms with Gasteiger partial charge in [0.2, 0.25) is 0 Å². The summed E-state index contributed by atoms with van der Waals surface area (Å²) in [7, 11) is 0. The minimum atomic E-state index is -0.758. The van der Waals surface area contributed by atoms with Gasteiger partial charge in [-0.3, -0.25) is 14.4 Å². The second kappa shape index (κ2) is 42.6. The Morgan fingerprint density at radius 2 is 0.611 bits per heavy atom. The first kappa shape index (κ1) is 52.4. The molecule has 0 fully saturated rings. The van der Waals surface area contributed by atoms with Crippen LogP contribution in [0.2, 0.25) is 0 Å². The zero-order valence-corrected chi connectivity index (χ0v) is 36.7. The standard InChI is InChI=1S/C48H92O6/c1-5-7-9-11-13-22-27-31-35-39-46(49)52-42-45(54-48(51)41-37-33-29-23-14-12-10-8-6-2)43-53-47(50)40-36-32-28-25-21-19-17-15-16-18-20-24-26-30-34-38-44(3)4/h44-45H,5-43H2,1-4H3/t45-/m0/s1. The molecule has 0 aliphatic rings. The highest BCUT2D eigenvalue weighted by Gasteiger charge is 2.19. The van der Waals surface area contributed by atoms with Crippen molar-refractivity contribution >= 4 is 17.9 Å². The van der Waals surface area contributed by atoms with Crippen molar-refractivity contribution in [3.8, 4) is 0 Å². The molecule has 0 aliphatic carbocycles. The molecular formula is C48H92O6. The number of hydrogen-bond donors (Lipinski definition) is 0. The van der Waals surface area contributed by atoms with Gasteiger partial charge in [0.25, 0.3) is 0 Å². The maximum atomic E-state index is 12.7. The van der Waals surface area contributed by atoms with Crippen LogP contribution in [0.15, 0.2) is 0 Å². The minimum absolute atomic E-state index is 0.0635. The van der Waals surface area contributed by atoms with E-state index in [9.17, 15) is 14.4 Å². The molecule has 1 atom stereocenters. The van der Waals surface area contributed by atoms with Gasteiger partial charge < -0.3 is 14.2 Å².